The van der Waals surface area contributed by atoms with Crippen molar-refractivity contribution in [3.63, 3.8) is 0 Å². The third kappa shape index (κ3) is 24.1. The summed E-state index contributed by atoms with van der Waals surface area (Å²) < 4.78 is 3.74. The van der Waals surface area contributed by atoms with Gasteiger partial charge in [-0.1, -0.05) is 76.2 Å². The molecule has 0 radical (unpaired) electrons. The molecule has 0 amide bonds. The van der Waals surface area contributed by atoms with Gasteiger partial charge in [-0.05, 0) is 140 Å². The first-order chi connectivity index (χ1) is 34.6. The first-order valence-corrected chi connectivity index (χ1v) is 26.4. The first-order valence-electron chi connectivity index (χ1n) is 26.4. The van der Waals surface area contributed by atoms with Crippen molar-refractivity contribution < 1.29 is 4.79 Å². The number of unbranched alkanes of at least 4 members (excludes halogenated alkanes) is 2. The van der Waals surface area contributed by atoms with Crippen LogP contribution in [0.4, 0.5) is 0 Å². The Morgan fingerprint density at radius 3 is 1.38 bits per heavy atom. The Hall–Kier alpha value is -5.29. The molecule has 6 rings (SSSR count). The second-order valence-corrected chi connectivity index (χ2v) is 19.0. The Bertz CT molecular complexity index is 2170. The van der Waals surface area contributed by atoms with Crippen molar-refractivity contribution in [1.29, 1.82) is 0 Å². The van der Waals surface area contributed by atoms with Gasteiger partial charge in [-0.15, -0.1) is 0 Å². The highest BCUT2D eigenvalue weighted by atomic mass is 16.1. The SMILES string of the molecule is CCCN(CCC)CCCCN(C)Cc1ccc(CN(Cc2ncc[nH]2)Cc2nccn2C)cc1.CCCN(CCC)CCCCN(C)Cc1ccc(CNCc2ncc[nH]2)cc1.Cn1ccnc1C=O. The first kappa shape index (κ1) is 58.3. The number of aldehydes is 1. The van der Waals surface area contributed by atoms with E-state index in [1.165, 1.54) is 119 Å². The maximum atomic E-state index is 10.0. The molecule has 0 saturated carbocycles. The molecule has 15 heteroatoms. The average molecular weight is 975 g/mol. The molecule has 0 spiro atoms. The van der Waals surface area contributed by atoms with Crippen molar-refractivity contribution in [2.75, 3.05) is 66.5 Å². The monoisotopic (exact) mass is 975 g/mol. The molecular formula is C56H90N14O. The average Bonchev–Trinajstić information content (AvgIpc) is 4.23. The van der Waals surface area contributed by atoms with Crippen molar-refractivity contribution in [2.24, 2.45) is 14.1 Å². The molecule has 0 aliphatic heterocycles. The lowest BCUT2D eigenvalue weighted by atomic mass is 10.1. The zero-order valence-corrected chi connectivity index (χ0v) is 44.9. The van der Waals surface area contributed by atoms with Crippen molar-refractivity contribution in [2.45, 2.75) is 125 Å². The third-order valence-electron chi connectivity index (χ3n) is 12.4. The summed E-state index contributed by atoms with van der Waals surface area (Å²) in [6.45, 7) is 24.9. The number of rotatable bonds is 33. The number of aryl methyl sites for hydroxylation is 2. The number of hydrogen-bond acceptors (Lipinski definition) is 11. The van der Waals surface area contributed by atoms with Crippen molar-refractivity contribution in [3.05, 3.63) is 144 Å². The van der Waals surface area contributed by atoms with Crippen molar-refractivity contribution in [1.82, 2.24) is 68.9 Å². The van der Waals surface area contributed by atoms with Gasteiger partial charge in [0.25, 0.3) is 0 Å². The van der Waals surface area contributed by atoms with Gasteiger partial charge < -0.3 is 44.0 Å². The largest absolute Gasteiger partial charge is 0.348 e. The quantitative estimate of drug-likeness (QED) is 0.0269. The highest BCUT2D eigenvalue weighted by molar-refractivity contribution is 5.68. The van der Waals surface area contributed by atoms with E-state index in [0.29, 0.717) is 5.82 Å². The fourth-order valence-corrected chi connectivity index (χ4v) is 8.65. The molecule has 4 aromatic heterocycles. The predicted octanol–water partition coefficient (Wildman–Crippen LogP) is 8.95. The predicted molar refractivity (Wildman–Crippen MR) is 291 cm³/mol. The summed E-state index contributed by atoms with van der Waals surface area (Å²) >= 11 is 0. The zero-order chi connectivity index (χ0) is 50.9. The molecule has 390 valence electrons. The van der Waals surface area contributed by atoms with Gasteiger partial charge in [0.1, 0.15) is 17.5 Å². The Morgan fingerprint density at radius 1 is 0.493 bits per heavy atom. The molecule has 0 fully saturated rings. The lowest BCUT2D eigenvalue weighted by molar-refractivity contribution is 0.111. The van der Waals surface area contributed by atoms with Gasteiger partial charge >= 0.3 is 0 Å². The Morgan fingerprint density at radius 2 is 0.958 bits per heavy atom. The lowest BCUT2D eigenvalue weighted by Gasteiger charge is -2.22. The van der Waals surface area contributed by atoms with E-state index in [1.807, 2.05) is 38.0 Å². The fraction of sp³-hybridized carbons (Fsp3) is 0.554. The summed E-state index contributed by atoms with van der Waals surface area (Å²) in [4.78, 5) is 45.7. The highest BCUT2D eigenvalue weighted by Gasteiger charge is 2.13. The van der Waals surface area contributed by atoms with Gasteiger partial charge in [-0.25, -0.2) is 19.9 Å². The van der Waals surface area contributed by atoms with Gasteiger partial charge in [-0.2, -0.15) is 0 Å². The van der Waals surface area contributed by atoms with E-state index >= 15 is 0 Å². The minimum atomic E-state index is 0.463. The number of carbonyl (C=O) groups excluding carboxylic acids is 1. The molecule has 2 aromatic carbocycles. The van der Waals surface area contributed by atoms with Gasteiger partial charge in [0, 0.05) is 89.8 Å². The van der Waals surface area contributed by atoms with Crippen LogP contribution < -0.4 is 5.32 Å². The standard InChI is InChI=1S/C28H45N7.C23H39N5.C5H6N2O/c1-5-16-34(17-6-2)19-8-7-18-32(3)21-25-9-11-26(12-10-25)22-35(23-27-29-13-14-30-27)24-28-31-15-20-33(28)4;1-4-14-28(15-5-2)17-7-6-16-27(3)20-22-10-8-21(9-11-22)18-24-19-23-25-12-13-26-23;1-7-3-2-6-5(7)4-8/h9-15,20H,5-8,16-19,21-24H2,1-4H3,(H,29,30);8-13,24H,4-7,14-20H2,1-3H3,(H,25,26);2-4H,1H3. The van der Waals surface area contributed by atoms with E-state index < -0.39 is 0 Å². The summed E-state index contributed by atoms with van der Waals surface area (Å²) in [5.74, 6) is 3.48. The molecule has 15 nitrogen and oxygen atoms in total. The molecule has 0 aliphatic rings. The van der Waals surface area contributed by atoms with Gasteiger partial charge in [0.15, 0.2) is 12.1 Å². The van der Waals surface area contributed by atoms with Crippen LogP contribution in [0.25, 0.3) is 0 Å². The molecule has 6 aromatic rings. The number of H-pyrrole nitrogens is 2. The fourth-order valence-electron chi connectivity index (χ4n) is 8.65. The number of hydrogen-bond donors (Lipinski definition) is 3. The molecule has 4 heterocycles. The number of carbonyl (C=O) groups is 1. The maximum absolute atomic E-state index is 10.0. The van der Waals surface area contributed by atoms with Crippen LogP contribution in [0.15, 0.2) is 98.1 Å². The number of imidazole rings is 4. The van der Waals surface area contributed by atoms with E-state index in [1.54, 1.807) is 30.2 Å². The number of benzene rings is 2. The smallest absolute Gasteiger partial charge is 0.185 e. The lowest BCUT2D eigenvalue weighted by Crippen LogP contribution is -2.27. The molecule has 0 saturated heterocycles. The van der Waals surface area contributed by atoms with Gasteiger partial charge in [0.05, 0.1) is 19.6 Å². The van der Waals surface area contributed by atoms with Gasteiger partial charge in [-0.3, -0.25) is 9.69 Å². The van der Waals surface area contributed by atoms with E-state index in [0.717, 1.165) is 76.1 Å². The number of aromatic amines is 2. The highest BCUT2D eigenvalue weighted by Crippen LogP contribution is 2.15. The molecule has 71 heavy (non-hydrogen) atoms. The van der Waals surface area contributed by atoms with Crippen LogP contribution >= 0.6 is 0 Å². The van der Waals surface area contributed by atoms with Crippen LogP contribution in [-0.4, -0.2) is 136 Å². The van der Waals surface area contributed by atoms with Crippen LogP contribution in [0.1, 0.15) is 129 Å². The number of nitrogens with zero attached hydrogens (tertiary/aromatic N) is 11. The summed E-state index contributed by atoms with van der Waals surface area (Å²) in [5.41, 5.74) is 5.38. The molecule has 0 bridgehead atoms. The molecular weight excluding hydrogens is 885 g/mol. The Balaban J connectivity index is 0.000000271. The molecule has 3 N–H and O–H groups in total. The second-order valence-electron chi connectivity index (χ2n) is 19.0. The summed E-state index contributed by atoms with van der Waals surface area (Å²) in [6.07, 6.45) is 25.4. The van der Waals surface area contributed by atoms with E-state index in [2.05, 4.69) is 155 Å². The summed E-state index contributed by atoms with van der Waals surface area (Å²) in [7, 11) is 8.29. The second kappa shape index (κ2) is 34.9. The number of aromatic nitrogens is 8. The van der Waals surface area contributed by atoms with Gasteiger partial charge in [0.2, 0.25) is 0 Å². The van der Waals surface area contributed by atoms with Crippen LogP contribution in [0.5, 0.6) is 0 Å². The van der Waals surface area contributed by atoms with E-state index in [9.17, 15) is 4.79 Å². The molecule has 0 atom stereocenters. The maximum Gasteiger partial charge on any atom is 0.185 e. The van der Waals surface area contributed by atoms with Crippen LogP contribution in [0, 0.1) is 0 Å². The number of nitrogens with one attached hydrogen (secondary N) is 3. The molecule has 0 unspecified atom stereocenters. The Kier molecular flexibility index (Phi) is 28.7. The van der Waals surface area contributed by atoms with E-state index in [-0.39, 0.29) is 0 Å². The summed E-state index contributed by atoms with van der Waals surface area (Å²) in [6, 6.07) is 18.1. The van der Waals surface area contributed by atoms with Crippen LogP contribution in [0.2, 0.25) is 0 Å². The third-order valence-corrected chi connectivity index (χ3v) is 12.4. The van der Waals surface area contributed by atoms with Crippen LogP contribution in [0.3, 0.4) is 0 Å². The normalized spacial score (nSPS) is 11.5. The van der Waals surface area contributed by atoms with Crippen LogP contribution in [-0.2, 0) is 59.9 Å². The van der Waals surface area contributed by atoms with Crippen molar-refractivity contribution >= 4 is 6.29 Å². The van der Waals surface area contributed by atoms with Crippen molar-refractivity contribution in [3.8, 4) is 0 Å². The minimum absolute atomic E-state index is 0.463. The summed E-state index contributed by atoms with van der Waals surface area (Å²) in [5, 5.41) is 3.42. The molecule has 0 aliphatic carbocycles. The van der Waals surface area contributed by atoms with E-state index in [4.69, 9.17) is 0 Å². The minimum Gasteiger partial charge on any atom is -0.348 e. The Labute approximate surface area is 427 Å². The zero-order valence-electron chi connectivity index (χ0n) is 44.9. The topological polar surface area (TPSA) is 138 Å².